The smallest absolute Gasteiger partial charge is 0.129 e. The second-order valence-corrected chi connectivity index (χ2v) is 6.61. The van der Waals surface area contributed by atoms with E-state index in [1.807, 2.05) is 18.2 Å². The van der Waals surface area contributed by atoms with Crippen molar-refractivity contribution < 1.29 is 0 Å². The molecule has 0 saturated carbocycles. The summed E-state index contributed by atoms with van der Waals surface area (Å²) in [6.45, 7) is 3.11. The zero-order chi connectivity index (χ0) is 16.9. The Morgan fingerprint density at radius 2 is 1.96 bits per heavy atom. The van der Waals surface area contributed by atoms with E-state index >= 15 is 0 Å². The number of hydrogen-bond donors (Lipinski definition) is 0. The summed E-state index contributed by atoms with van der Waals surface area (Å²) < 4.78 is 0. The van der Waals surface area contributed by atoms with Crippen molar-refractivity contribution in [3.8, 4) is 12.1 Å². The molecule has 1 heterocycles. The van der Waals surface area contributed by atoms with Gasteiger partial charge in [0.05, 0.1) is 10.7 Å². The van der Waals surface area contributed by atoms with Gasteiger partial charge in [-0.15, -0.1) is 0 Å². The molecular formula is C20H17N3S. The Bertz CT molecular complexity index is 897. The molecule has 1 aliphatic rings. The van der Waals surface area contributed by atoms with Gasteiger partial charge in [0.2, 0.25) is 0 Å². The van der Waals surface area contributed by atoms with Gasteiger partial charge in [-0.1, -0.05) is 55.4 Å². The Labute approximate surface area is 146 Å². The molecule has 0 N–H and O–H groups in total. The van der Waals surface area contributed by atoms with Crippen LogP contribution in [0.3, 0.4) is 0 Å². The summed E-state index contributed by atoms with van der Waals surface area (Å²) in [5.74, 6) is 0. The van der Waals surface area contributed by atoms with E-state index in [9.17, 15) is 0 Å². The third-order valence-electron chi connectivity index (χ3n) is 3.98. The van der Waals surface area contributed by atoms with Gasteiger partial charge in [0.15, 0.2) is 0 Å². The summed E-state index contributed by atoms with van der Waals surface area (Å²) >= 11 is 1.70. The van der Waals surface area contributed by atoms with Crippen molar-refractivity contribution in [2.45, 2.75) is 24.7 Å². The van der Waals surface area contributed by atoms with Gasteiger partial charge < -0.3 is 4.90 Å². The van der Waals surface area contributed by atoms with Gasteiger partial charge >= 0.3 is 0 Å². The van der Waals surface area contributed by atoms with Crippen LogP contribution in [0.2, 0.25) is 0 Å². The number of nitriles is 2. The molecule has 0 atom stereocenters. The van der Waals surface area contributed by atoms with Crippen LogP contribution in [0.5, 0.6) is 0 Å². The van der Waals surface area contributed by atoms with Gasteiger partial charge in [-0.3, -0.25) is 0 Å². The van der Waals surface area contributed by atoms with Crippen LogP contribution in [0.4, 0.5) is 5.69 Å². The maximum Gasteiger partial charge on any atom is 0.129 e. The molecule has 1 aliphatic heterocycles. The highest BCUT2D eigenvalue weighted by Gasteiger charge is 2.26. The first kappa shape index (κ1) is 16.2. The molecule has 2 aromatic rings. The highest BCUT2D eigenvalue weighted by Crippen LogP contribution is 2.49. The summed E-state index contributed by atoms with van der Waals surface area (Å²) in [6, 6.07) is 16.5. The lowest BCUT2D eigenvalue weighted by Gasteiger charge is -2.21. The van der Waals surface area contributed by atoms with E-state index in [-0.39, 0.29) is 5.57 Å². The third-order valence-corrected chi connectivity index (χ3v) is 5.10. The van der Waals surface area contributed by atoms with Gasteiger partial charge in [-0.2, -0.15) is 10.5 Å². The third kappa shape index (κ3) is 3.02. The van der Waals surface area contributed by atoms with E-state index in [0.717, 1.165) is 24.4 Å². The van der Waals surface area contributed by atoms with Crippen LogP contribution in [0.25, 0.3) is 10.8 Å². The summed E-state index contributed by atoms with van der Waals surface area (Å²) in [6.07, 6.45) is 5.70. The lowest BCUT2D eigenvalue weighted by Crippen LogP contribution is -2.19. The summed E-state index contributed by atoms with van der Waals surface area (Å²) in [5.41, 5.74) is 1.36. The van der Waals surface area contributed by atoms with E-state index in [1.165, 1.54) is 21.4 Å². The molecule has 4 heteroatoms. The molecule has 0 amide bonds. The van der Waals surface area contributed by atoms with Crippen LogP contribution in [0.15, 0.2) is 64.0 Å². The van der Waals surface area contributed by atoms with Crippen molar-refractivity contribution >= 4 is 28.2 Å². The summed E-state index contributed by atoms with van der Waals surface area (Å²) in [4.78, 5) is 3.54. The van der Waals surface area contributed by atoms with Crippen LogP contribution in [0.1, 0.15) is 19.8 Å². The number of thioether (sulfide) groups is 1. The van der Waals surface area contributed by atoms with Gasteiger partial charge in [-0.05, 0) is 30.0 Å². The monoisotopic (exact) mass is 331 g/mol. The molecule has 3 nitrogen and oxygen atoms in total. The molecule has 0 bridgehead atoms. The highest BCUT2D eigenvalue weighted by molar-refractivity contribution is 8.03. The molecule has 0 unspecified atom stereocenters. The normalized spacial score (nSPS) is 14.3. The number of fused-ring (bicyclic) bond motifs is 3. The predicted octanol–water partition coefficient (Wildman–Crippen LogP) is 5.37. The number of unbranched alkanes of at least 4 members (excludes halogenated alkanes) is 1. The predicted molar refractivity (Wildman–Crippen MR) is 99.5 cm³/mol. The van der Waals surface area contributed by atoms with Gasteiger partial charge in [0, 0.05) is 16.8 Å². The van der Waals surface area contributed by atoms with Crippen molar-refractivity contribution in [1.82, 2.24) is 0 Å². The summed E-state index contributed by atoms with van der Waals surface area (Å²) in [7, 11) is 0. The summed E-state index contributed by atoms with van der Waals surface area (Å²) in [5, 5.41) is 21.4. The SMILES string of the molecule is CCCCN1C(=CC=C(C#N)C#N)Sc2ccc3ccccc3c21. The topological polar surface area (TPSA) is 50.8 Å². The molecule has 2 aromatic carbocycles. The molecule has 0 saturated heterocycles. The molecule has 0 spiro atoms. The van der Waals surface area contributed by atoms with Crippen molar-refractivity contribution in [2.24, 2.45) is 0 Å². The van der Waals surface area contributed by atoms with E-state index in [4.69, 9.17) is 10.5 Å². The minimum atomic E-state index is 0.124. The molecule has 0 aliphatic carbocycles. The lowest BCUT2D eigenvalue weighted by molar-refractivity contribution is 0.780. The molecular weight excluding hydrogens is 314 g/mol. The molecule has 24 heavy (non-hydrogen) atoms. The quantitative estimate of drug-likeness (QED) is 0.707. The maximum absolute atomic E-state index is 8.93. The zero-order valence-corrected chi connectivity index (χ0v) is 14.3. The van der Waals surface area contributed by atoms with E-state index in [1.54, 1.807) is 17.8 Å². The van der Waals surface area contributed by atoms with Crippen LogP contribution in [-0.2, 0) is 0 Å². The maximum atomic E-state index is 8.93. The molecule has 3 rings (SSSR count). The first-order chi connectivity index (χ1) is 11.8. The molecule has 0 aromatic heterocycles. The van der Waals surface area contributed by atoms with Gasteiger partial charge in [0.25, 0.3) is 0 Å². The number of rotatable bonds is 4. The largest absolute Gasteiger partial charge is 0.335 e. The Morgan fingerprint density at radius 3 is 2.71 bits per heavy atom. The number of allylic oxidation sites excluding steroid dienone is 3. The first-order valence-corrected chi connectivity index (χ1v) is 8.79. The van der Waals surface area contributed by atoms with Gasteiger partial charge in [-0.25, -0.2) is 0 Å². The van der Waals surface area contributed by atoms with Gasteiger partial charge in [0.1, 0.15) is 17.7 Å². The van der Waals surface area contributed by atoms with Crippen molar-refractivity contribution in [2.75, 3.05) is 11.4 Å². The van der Waals surface area contributed by atoms with Crippen LogP contribution in [-0.4, -0.2) is 6.54 Å². The van der Waals surface area contributed by atoms with Crippen molar-refractivity contribution in [3.05, 3.63) is 59.2 Å². The lowest BCUT2D eigenvalue weighted by atomic mass is 10.1. The number of nitrogens with zero attached hydrogens (tertiary/aromatic N) is 3. The second-order valence-electron chi connectivity index (χ2n) is 5.55. The van der Waals surface area contributed by atoms with Crippen LogP contribution in [0, 0.1) is 22.7 Å². The minimum Gasteiger partial charge on any atom is -0.335 e. The van der Waals surface area contributed by atoms with E-state index in [2.05, 4.69) is 48.2 Å². The fraction of sp³-hybridized carbons (Fsp3) is 0.200. The molecule has 0 fully saturated rings. The fourth-order valence-electron chi connectivity index (χ4n) is 2.79. The Morgan fingerprint density at radius 1 is 1.17 bits per heavy atom. The molecule has 0 radical (unpaired) electrons. The van der Waals surface area contributed by atoms with Crippen LogP contribution < -0.4 is 4.90 Å². The number of benzene rings is 2. The molecule has 118 valence electrons. The first-order valence-electron chi connectivity index (χ1n) is 7.97. The fourth-order valence-corrected chi connectivity index (χ4v) is 3.90. The Hall–Kier alpha value is -2.69. The minimum absolute atomic E-state index is 0.124. The average Bonchev–Trinajstić information content (AvgIpc) is 2.98. The average molecular weight is 331 g/mol. The van der Waals surface area contributed by atoms with Crippen LogP contribution >= 0.6 is 11.8 Å². The zero-order valence-electron chi connectivity index (χ0n) is 13.5. The van der Waals surface area contributed by atoms with Crippen molar-refractivity contribution in [3.63, 3.8) is 0 Å². The van der Waals surface area contributed by atoms with Crippen molar-refractivity contribution in [1.29, 1.82) is 10.5 Å². The Balaban J connectivity index is 2.09. The van der Waals surface area contributed by atoms with E-state index in [0.29, 0.717) is 0 Å². The Kier molecular flexibility index (Phi) is 4.89. The number of anilines is 1. The standard InChI is InChI=1S/C20H17N3S/c1-2-3-12-23-19(11-8-15(13-21)14-22)24-18-10-9-16-6-4-5-7-17(16)20(18)23/h4-11H,2-3,12H2,1H3. The highest BCUT2D eigenvalue weighted by atomic mass is 32.2. The second kappa shape index (κ2) is 7.25. The van der Waals surface area contributed by atoms with E-state index < -0.39 is 0 Å². The number of hydrogen-bond acceptors (Lipinski definition) is 4.